The van der Waals surface area contributed by atoms with Crippen molar-refractivity contribution in [1.29, 1.82) is 0 Å². The molecule has 0 aromatic heterocycles. The van der Waals surface area contributed by atoms with Crippen LogP contribution in [0, 0.1) is 0 Å². The fourth-order valence-electron chi connectivity index (χ4n) is 2.50. The van der Waals surface area contributed by atoms with Crippen molar-refractivity contribution in [2.24, 2.45) is 0 Å². The number of hydrogen-bond donors (Lipinski definition) is 3. The molecule has 0 spiro atoms. The summed E-state index contributed by atoms with van der Waals surface area (Å²) in [6.07, 6.45) is 2.60. The molecule has 2 saturated heterocycles. The van der Waals surface area contributed by atoms with E-state index in [9.17, 15) is 14.7 Å². The summed E-state index contributed by atoms with van der Waals surface area (Å²) < 4.78 is 10.7. The Morgan fingerprint density at radius 2 is 2.15 bits per heavy atom. The van der Waals surface area contributed by atoms with Crippen molar-refractivity contribution in [1.82, 2.24) is 10.6 Å². The van der Waals surface area contributed by atoms with E-state index in [0.29, 0.717) is 19.6 Å². The number of carbonyl (C=O) groups excluding carboxylic acids is 1. The van der Waals surface area contributed by atoms with Crippen molar-refractivity contribution in [3.63, 3.8) is 0 Å². The molecule has 20 heavy (non-hydrogen) atoms. The average Bonchev–Trinajstić information content (AvgIpc) is 2.90. The molecule has 0 saturated carbocycles. The third kappa shape index (κ3) is 3.91. The summed E-state index contributed by atoms with van der Waals surface area (Å²) in [6, 6.07) is 0. The Hall–Kier alpha value is -1.18. The van der Waals surface area contributed by atoms with Gasteiger partial charge in [-0.3, -0.25) is 4.79 Å². The Morgan fingerprint density at radius 3 is 2.75 bits per heavy atom. The molecule has 1 atom stereocenters. The summed E-state index contributed by atoms with van der Waals surface area (Å²) in [5.41, 5.74) is -1.26. The molecule has 0 aliphatic carbocycles. The van der Waals surface area contributed by atoms with Gasteiger partial charge in [-0.1, -0.05) is 0 Å². The van der Waals surface area contributed by atoms with Gasteiger partial charge in [0.25, 0.3) is 0 Å². The average molecular weight is 286 g/mol. The molecule has 2 aliphatic heterocycles. The SMILES string of the molecule is O=C(CCOC1CCNCC1)NC1(C(=O)O)CCOC1. The smallest absolute Gasteiger partial charge is 0.331 e. The summed E-state index contributed by atoms with van der Waals surface area (Å²) in [7, 11) is 0. The number of carboxylic acid groups (broad SMARTS) is 1. The quantitative estimate of drug-likeness (QED) is 0.609. The molecular formula is C13H22N2O5. The standard InChI is InChI=1S/C13H22N2O5/c16-11(3-7-20-10-1-5-14-6-2-10)15-13(12(17)18)4-8-19-9-13/h10,14H,1-9H2,(H,15,16)(H,17,18). The van der Waals surface area contributed by atoms with Crippen LogP contribution in [0.1, 0.15) is 25.7 Å². The second-order valence-electron chi connectivity index (χ2n) is 5.31. The number of carbonyl (C=O) groups is 2. The summed E-state index contributed by atoms with van der Waals surface area (Å²) in [5.74, 6) is -1.34. The maximum Gasteiger partial charge on any atom is 0.331 e. The summed E-state index contributed by atoms with van der Waals surface area (Å²) in [6.45, 7) is 2.60. The van der Waals surface area contributed by atoms with Crippen LogP contribution in [0.25, 0.3) is 0 Å². The first kappa shape index (κ1) is 15.2. The van der Waals surface area contributed by atoms with E-state index in [2.05, 4.69) is 10.6 Å². The van der Waals surface area contributed by atoms with Gasteiger partial charge in [-0.2, -0.15) is 0 Å². The lowest BCUT2D eigenvalue weighted by atomic mass is 9.99. The fraction of sp³-hybridized carbons (Fsp3) is 0.846. The molecule has 2 aliphatic rings. The van der Waals surface area contributed by atoms with E-state index in [-0.39, 0.29) is 25.0 Å². The van der Waals surface area contributed by atoms with Crippen LogP contribution in [-0.2, 0) is 19.1 Å². The van der Waals surface area contributed by atoms with Crippen LogP contribution >= 0.6 is 0 Å². The van der Waals surface area contributed by atoms with Gasteiger partial charge >= 0.3 is 5.97 Å². The number of piperidine rings is 1. The summed E-state index contributed by atoms with van der Waals surface area (Å²) in [5, 5.41) is 15.0. The van der Waals surface area contributed by atoms with Gasteiger partial charge in [0.15, 0.2) is 5.54 Å². The lowest BCUT2D eigenvalue weighted by Gasteiger charge is -2.25. The second kappa shape index (κ2) is 7.01. The zero-order valence-electron chi connectivity index (χ0n) is 11.5. The number of carboxylic acids is 1. The van der Waals surface area contributed by atoms with Gasteiger partial charge in [0, 0.05) is 13.0 Å². The van der Waals surface area contributed by atoms with Gasteiger partial charge in [-0.25, -0.2) is 4.79 Å². The highest BCUT2D eigenvalue weighted by atomic mass is 16.5. The van der Waals surface area contributed by atoms with Crippen LogP contribution in [0.15, 0.2) is 0 Å². The maximum absolute atomic E-state index is 11.8. The van der Waals surface area contributed by atoms with Crippen LogP contribution in [0.2, 0.25) is 0 Å². The van der Waals surface area contributed by atoms with Crippen molar-refractivity contribution >= 4 is 11.9 Å². The normalized spacial score (nSPS) is 27.4. The minimum absolute atomic E-state index is 0.0310. The Balaban J connectivity index is 1.70. The first-order valence-corrected chi connectivity index (χ1v) is 7.07. The second-order valence-corrected chi connectivity index (χ2v) is 5.31. The molecule has 2 heterocycles. The molecule has 2 rings (SSSR count). The Labute approximate surface area is 118 Å². The molecule has 7 nitrogen and oxygen atoms in total. The molecule has 3 N–H and O–H groups in total. The molecule has 114 valence electrons. The highest BCUT2D eigenvalue weighted by molar-refractivity contribution is 5.87. The predicted octanol–water partition coefficient (Wildman–Crippen LogP) is -0.495. The van der Waals surface area contributed by atoms with Crippen molar-refractivity contribution in [3.8, 4) is 0 Å². The van der Waals surface area contributed by atoms with Gasteiger partial charge in [-0.15, -0.1) is 0 Å². The topological polar surface area (TPSA) is 96.9 Å². The van der Waals surface area contributed by atoms with Gasteiger partial charge in [0.05, 0.1) is 25.7 Å². The van der Waals surface area contributed by atoms with Crippen LogP contribution in [0.3, 0.4) is 0 Å². The first-order chi connectivity index (χ1) is 9.62. The number of aliphatic carboxylic acids is 1. The summed E-state index contributed by atoms with van der Waals surface area (Å²) >= 11 is 0. The van der Waals surface area contributed by atoms with Crippen LogP contribution in [0.4, 0.5) is 0 Å². The third-order valence-corrected chi connectivity index (χ3v) is 3.78. The van der Waals surface area contributed by atoms with Crippen LogP contribution in [-0.4, -0.2) is 61.5 Å². The molecule has 0 bridgehead atoms. The van der Waals surface area contributed by atoms with E-state index in [1.807, 2.05) is 0 Å². The number of rotatable bonds is 6. The Kier molecular flexibility index (Phi) is 5.33. The number of amides is 1. The largest absolute Gasteiger partial charge is 0.479 e. The monoisotopic (exact) mass is 286 g/mol. The van der Waals surface area contributed by atoms with E-state index < -0.39 is 11.5 Å². The van der Waals surface area contributed by atoms with Crippen LogP contribution in [0.5, 0.6) is 0 Å². The lowest BCUT2D eigenvalue weighted by molar-refractivity contribution is -0.147. The summed E-state index contributed by atoms with van der Waals surface area (Å²) in [4.78, 5) is 23.1. The molecular weight excluding hydrogens is 264 g/mol. The van der Waals surface area contributed by atoms with E-state index in [1.54, 1.807) is 0 Å². The van der Waals surface area contributed by atoms with Gasteiger partial charge in [0.1, 0.15) is 0 Å². The zero-order valence-corrected chi connectivity index (χ0v) is 11.5. The molecule has 0 radical (unpaired) electrons. The predicted molar refractivity (Wildman–Crippen MR) is 70.4 cm³/mol. The van der Waals surface area contributed by atoms with E-state index in [1.165, 1.54) is 0 Å². The van der Waals surface area contributed by atoms with Crippen molar-refractivity contribution < 1.29 is 24.2 Å². The zero-order chi connectivity index (χ0) is 14.4. The first-order valence-electron chi connectivity index (χ1n) is 7.07. The van der Waals surface area contributed by atoms with Crippen molar-refractivity contribution in [3.05, 3.63) is 0 Å². The molecule has 0 aromatic carbocycles. The molecule has 0 aromatic rings. The van der Waals surface area contributed by atoms with Crippen LogP contribution < -0.4 is 10.6 Å². The Bertz CT molecular complexity index is 349. The van der Waals surface area contributed by atoms with E-state index >= 15 is 0 Å². The van der Waals surface area contributed by atoms with E-state index in [0.717, 1.165) is 25.9 Å². The number of ether oxygens (including phenoxy) is 2. The van der Waals surface area contributed by atoms with Crippen molar-refractivity contribution in [2.45, 2.75) is 37.3 Å². The molecule has 7 heteroatoms. The number of nitrogens with one attached hydrogen (secondary N) is 2. The van der Waals surface area contributed by atoms with Gasteiger partial charge < -0.3 is 25.2 Å². The molecule has 1 amide bonds. The molecule has 2 fully saturated rings. The van der Waals surface area contributed by atoms with Crippen molar-refractivity contribution in [2.75, 3.05) is 32.9 Å². The third-order valence-electron chi connectivity index (χ3n) is 3.78. The minimum Gasteiger partial charge on any atom is -0.479 e. The van der Waals surface area contributed by atoms with Gasteiger partial charge in [-0.05, 0) is 25.9 Å². The Morgan fingerprint density at radius 1 is 1.40 bits per heavy atom. The number of hydrogen-bond acceptors (Lipinski definition) is 5. The highest BCUT2D eigenvalue weighted by Gasteiger charge is 2.43. The minimum atomic E-state index is -1.26. The fourth-order valence-corrected chi connectivity index (χ4v) is 2.50. The lowest BCUT2D eigenvalue weighted by Crippen LogP contribution is -2.55. The molecule has 1 unspecified atom stereocenters. The van der Waals surface area contributed by atoms with Gasteiger partial charge in [0.2, 0.25) is 5.91 Å². The van der Waals surface area contributed by atoms with E-state index in [4.69, 9.17) is 9.47 Å². The maximum atomic E-state index is 11.8. The highest BCUT2D eigenvalue weighted by Crippen LogP contribution is 2.19.